The van der Waals surface area contributed by atoms with Crippen molar-refractivity contribution in [2.75, 3.05) is 6.61 Å². The first-order valence-corrected chi connectivity index (χ1v) is 14.7. The number of esters is 4. The molecule has 0 aliphatic carbocycles. The zero-order valence-corrected chi connectivity index (χ0v) is 26.2. The zero-order chi connectivity index (χ0) is 35.1. The van der Waals surface area contributed by atoms with E-state index in [-0.39, 0.29) is 17.0 Å². The van der Waals surface area contributed by atoms with E-state index in [1.54, 1.807) is 18.2 Å². The SMILES string of the molecule is CC(=O)O[C@H]1[C@H](OC(C)=O)[C@@H](O[C@H]2[C@@H](Oc3ccc([N+](=O)[O-])cc3)O[C@H](COC(=O)c3ccccc3)[C@H](O)[C@@H]2O)O[C@@H](C)[C@H]1OC(C)=O. The fraction of sp³-hybridized carbons (Fsp3) is 0.484. The van der Waals surface area contributed by atoms with Gasteiger partial charge in [0.2, 0.25) is 6.29 Å². The molecule has 2 heterocycles. The number of nitro groups is 1. The first-order valence-electron chi connectivity index (χ1n) is 14.7. The summed E-state index contributed by atoms with van der Waals surface area (Å²) >= 11 is 0. The monoisotopic (exact) mass is 677 g/mol. The van der Waals surface area contributed by atoms with Crippen LogP contribution in [0.4, 0.5) is 5.69 Å². The number of nitro benzene ring substituents is 1. The summed E-state index contributed by atoms with van der Waals surface area (Å²) in [6.45, 7) is 4.19. The Kier molecular flexibility index (Phi) is 12.0. The van der Waals surface area contributed by atoms with Crippen LogP contribution in [0.15, 0.2) is 54.6 Å². The molecule has 0 saturated carbocycles. The van der Waals surface area contributed by atoms with Crippen LogP contribution < -0.4 is 4.74 Å². The molecule has 4 rings (SSSR count). The van der Waals surface area contributed by atoms with E-state index in [0.717, 1.165) is 32.9 Å². The fourth-order valence-corrected chi connectivity index (χ4v) is 5.11. The Bertz CT molecular complexity index is 1450. The lowest BCUT2D eigenvalue weighted by molar-refractivity contribution is -0.384. The summed E-state index contributed by atoms with van der Waals surface area (Å²) in [5, 5.41) is 33.5. The summed E-state index contributed by atoms with van der Waals surface area (Å²) < 4.78 is 45.1. The molecule has 10 atom stereocenters. The molecule has 2 saturated heterocycles. The second-order valence-electron chi connectivity index (χ2n) is 10.9. The van der Waals surface area contributed by atoms with Crippen LogP contribution in [0.5, 0.6) is 5.75 Å². The molecule has 48 heavy (non-hydrogen) atoms. The van der Waals surface area contributed by atoms with E-state index in [0.29, 0.717) is 0 Å². The van der Waals surface area contributed by atoms with Crippen LogP contribution in [-0.2, 0) is 47.5 Å². The molecule has 2 aromatic carbocycles. The summed E-state index contributed by atoms with van der Waals surface area (Å²) in [6.07, 6.45) is -15.1. The number of ether oxygens (including phenoxy) is 8. The summed E-state index contributed by atoms with van der Waals surface area (Å²) in [5.74, 6) is -3.14. The standard InChI is InChI=1S/C31H35NO16/c1-15-25(43-16(2)33)27(44-17(3)34)28(45-18(4)35)31(42-15)48-26-24(37)23(36)22(14-41-29(38)19-8-6-5-7-9-19)47-30(26)46-21-12-10-20(11-13-21)32(39)40/h5-13,15,22-28,30-31,36-37H,14H2,1-4H3/t15-,22+,23-,24-,25+,26+,27+,28-,30-,31+/m0/s1. The largest absolute Gasteiger partial charge is 0.462 e. The van der Waals surface area contributed by atoms with E-state index >= 15 is 0 Å². The molecule has 17 heteroatoms. The van der Waals surface area contributed by atoms with Crippen molar-refractivity contribution in [1.82, 2.24) is 0 Å². The quantitative estimate of drug-likeness (QED) is 0.147. The molecular formula is C31H35NO16. The highest BCUT2D eigenvalue weighted by molar-refractivity contribution is 5.89. The van der Waals surface area contributed by atoms with Gasteiger partial charge in [0.05, 0.1) is 16.6 Å². The Hall–Kier alpha value is -4.68. The van der Waals surface area contributed by atoms with Gasteiger partial charge in [-0.25, -0.2) is 4.79 Å². The minimum atomic E-state index is -1.84. The van der Waals surface area contributed by atoms with Crippen molar-refractivity contribution in [1.29, 1.82) is 0 Å². The summed E-state index contributed by atoms with van der Waals surface area (Å²) in [4.78, 5) is 59.1. The second kappa shape index (κ2) is 15.9. The second-order valence-corrected chi connectivity index (χ2v) is 10.9. The maximum absolute atomic E-state index is 12.6. The van der Waals surface area contributed by atoms with E-state index in [1.807, 2.05) is 0 Å². The molecule has 0 bridgehead atoms. The van der Waals surface area contributed by atoms with Gasteiger partial charge >= 0.3 is 23.9 Å². The van der Waals surface area contributed by atoms with Crippen molar-refractivity contribution in [2.24, 2.45) is 0 Å². The third-order valence-electron chi connectivity index (χ3n) is 7.26. The molecule has 2 aliphatic rings. The molecule has 2 N–H and O–H groups in total. The van der Waals surface area contributed by atoms with Crippen LogP contribution >= 0.6 is 0 Å². The van der Waals surface area contributed by atoms with Gasteiger partial charge in [0.25, 0.3) is 5.69 Å². The normalized spacial score (nSPS) is 30.0. The lowest BCUT2D eigenvalue weighted by Crippen LogP contribution is -2.66. The van der Waals surface area contributed by atoms with Gasteiger partial charge in [-0.15, -0.1) is 0 Å². The molecule has 260 valence electrons. The Morgan fingerprint density at radius 2 is 1.35 bits per heavy atom. The molecule has 2 fully saturated rings. The highest BCUT2D eigenvalue weighted by atomic mass is 16.8. The lowest BCUT2D eigenvalue weighted by Gasteiger charge is -2.47. The molecule has 0 spiro atoms. The van der Waals surface area contributed by atoms with E-state index in [1.165, 1.54) is 31.2 Å². The predicted octanol–water partition coefficient (Wildman–Crippen LogP) is 1.20. The number of benzene rings is 2. The number of hydrogen-bond donors (Lipinski definition) is 2. The molecule has 0 radical (unpaired) electrons. The summed E-state index contributed by atoms with van der Waals surface area (Å²) in [6, 6.07) is 12.8. The first-order chi connectivity index (χ1) is 22.7. The number of aliphatic hydroxyl groups excluding tert-OH is 2. The van der Waals surface area contributed by atoms with Crippen molar-refractivity contribution in [2.45, 2.75) is 89.1 Å². The number of rotatable bonds is 11. The van der Waals surface area contributed by atoms with Crippen LogP contribution in [0.2, 0.25) is 0 Å². The van der Waals surface area contributed by atoms with Gasteiger partial charge in [0.15, 0.2) is 30.7 Å². The molecule has 17 nitrogen and oxygen atoms in total. The van der Waals surface area contributed by atoms with Crippen molar-refractivity contribution in [3.63, 3.8) is 0 Å². The Labute approximate surface area is 273 Å². The number of hydrogen-bond acceptors (Lipinski definition) is 16. The average Bonchev–Trinajstić information content (AvgIpc) is 3.03. The number of nitrogens with zero attached hydrogens (tertiary/aromatic N) is 1. The number of carbonyl (C=O) groups excluding carboxylic acids is 4. The van der Waals surface area contributed by atoms with Crippen LogP contribution in [0.1, 0.15) is 38.1 Å². The topological polar surface area (TPSA) is 226 Å². The minimum absolute atomic E-state index is 0.0185. The molecular weight excluding hydrogens is 642 g/mol. The van der Waals surface area contributed by atoms with E-state index in [4.69, 9.17) is 37.9 Å². The van der Waals surface area contributed by atoms with E-state index in [2.05, 4.69) is 0 Å². The average molecular weight is 678 g/mol. The Balaban J connectivity index is 1.63. The highest BCUT2D eigenvalue weighted by Crippen LogP contribution is 2.34. The lowest BCUT2D eigenvalue weighted by atomic mass is 9.97. The van der Waals surface area contributed by atoms with Crippen molar-refractivity contribution >= 4 is 29.6 Å². The minimum Gasteiger partial charge on any atom is -0.462 e. The molecule has 2 aromatic rings. The third-order valence-corrected chi connectivity index (χ3v) is 7.26. The van der Waals surface area contributed by atoms with Crippen LogP contribution in [0, 0.1) is 10.1 Å². The number of non-ortho nitro benzene ring substituents is 1. The van der Waals surface area contributed by atoms with Crippen LogP contribution in [-0.4, -0.2) is 107 Å². The number of carbonyl (C=O) groups is 4. The van der Waals surface area contributed by atoms with Gasteiger partial charge in [-0.05, 0) is 31.2 Å². The summed E-state index contributed by atoms with van der Waals surface area (Å²) in [7, 11) is 0. The van der Waals surface area contributed by atoms with Gasteiger partial charge in [0.1, 0.15) is 30.7 Å². The highest BCUT2D eigenvalue weighted by Gasteiger charge is 2.55. The first kappa shape index (κ1) is 36.2. The maximum atomic E-state index is 12.6. The van der Waals surface area contributed by atoms with E-state index < -0.39 is 96.8 Å². The molecule has 0 unspecified atom stereocenters. The molecule has 2 aliphatic heterocycles. The molecule has 0 aromatic heterocycles. The van der Waals surface area contributed by atoms with Crippen molar-refractivity contribution in [3.05, 3.63) is 70.3 Å². The smallest absolute Gasteiger partial charge is 0.338 e. The Morgan fingerprint density at radius 3 is 1.94 bits per heavy atom. The maximum Gasteiger partial charge on any atom is 0.338 e. The van der Waals surface area contributed by atoms with Gasteiger partial charge in [-0.2, -0.15) is 0 Å². The number of aliphatic hydroxyl groups is 2. The zero-order valence-electron chi connectivity index (χ0n) is 26.2. The van der Waals surface area contributed by atoms with Crippen molar-refractivity contribution < 1.29 is 72.2 Å². The van der Waals surface area contributed by atoms with E-state index in [9.17, 15) is 39.5 Å². The predicted molar refractivity (Wildman–Crippen MR) is 157 cm³/mol. The third kappa shape index (κ3) is 9.02. The van der Waals surface area contributed by atoms with Gasteiger partial charge < -0.3 is 48.1 Å². The fourth-order valence-electron chi connectivity index (χ4n) is 5.11. The van der Waals surface area contributed by atoms with Gasteiger partial charge in [-0.3, -0.25) is 24.5 Å². The van der Waals surface area contributed by atoms with Crippen LogP contribution in [0.3, 0.4) is 0 Å². The van der Waals surface area contributed by atoms with Gasteiger partial charge in [0, 0.05) is 32.9 Å². The Morgan fingerprint density at radius 1 is 0.771 bits per heavy atom. The van der Waals surface area contributed by atoms with Gasteiger partial charge in [-0.1, -0.05) is 18.2 Å². The van der Waals surface area contributed by atoms with Crippen LogP contribution in [0.25, 0.3) is 0 Å². The molecule has 0 amide bonds. The summed E-state index contributed by atoms with van der Waals surface area (Å²) in [5.41, 5.74) is -0.0220. The van der Waals surface area contributed by atoms with Crippen molar-refractivity contribution in [3.8, 4) is 5.75 Å².